The van der Waals surface area contributed by atoms with Crippen LogP contribution in [0.25, 0.3) is 0 Å². The number of hydrogen-bond acceptors (Lipinski definition) is 6. The Labute approximate surface area is 104 Å². The molecule has 4 N–H and O–H groups in total. The summed E-state index contributed by atoms with van der Waals surface area (Å²) in [6.07, 6.45) is 2.95. The summed E-state index contributed by atoms with van der Waals surface area (Å²) >= 11 is 1.72. The van der Waals surface area contributed by atoms with Gasteiger partial charge in [-0.2, -0.15) is 0 Å². The van der Waals surface area contributed by atoms with E-state index in [1.807, 2.05) is 24.4 Å². The quantitative estimate of drug-likeness (QED) is 0.558. The van der Waals surface area contributed by atoms with E-state index in [4.69, 9.17) is 5.84 Å². The Hall–Kier alpha value is -1.66. The fraction of sp³-hybridized carbons (Fsp3) is 0.273. The molecule has 0 radical (unpaired) electrons. The first kappa shape index (κ1) is 11.8. The zero-order valence-electron chi connectivity index (χ0n) is 9.60. The van der Waals surface area contributed by atoms with E-state index < -0.39 is 0 Å². The molecule has 0 atom stereocenters. The molecule has 0 saturated carbocycles. The summed E-state index contributed by atoms with van der Waals surface area (Å²) in [5.74, 6) is 6.72. The topological polar surface area (TPSA) is 75.9 Å². The highest BCUT2D eigenvalue weighted by molar-refractivity contribution is 7.11. The molecule has 0 amide bonds. The van der Waals surface area contributed by atoms with Gasteiger partial charge in [-0.15, -0.1) is 11.3 Å². The van der Waals surface area contributed by atoms with Crippen molar-refractivity contribution in [1.82, 2.24) is 9.97 Å². The van der Waals surface area contributed by atoms with E-state index in [1.165, 1.54) is 4.88 Å². The van der Waals surface area contributed by atoms with Gasteiger partial charge in [-0.3, -0.25) is 0 Å². The third-order valence-electron chi connectivity index (χ3n) is 2.27. The lowest BCUT2D eigenvalue weighted by atomic mass is 10.4. The van der Waals surface area contributed by atoms with E-state index in [2.05, 4.69) is 27.6 Å². The predicted molar refractivity (Wildman–Crippen MR) is 70.9 cm³/mol. The van der Waals surface area contributed by atoms with Crippen LogP contribution in [-0.2, 0) is 13.0 Å². The van der Waals surface area contributed by atoms with Crippen molar-refractivity contribution in [3.05, 3.63) is 34.3 Å². The lowest BCUT2D eigenvalue weighted by Gasteiger charge is -2.05. The number of aromatic nitrogens is 2. The van der Waals surface area contributed by atoms with Crippen molar-refractivity contribution in [2.24, 2.45) is 5.84 Å². The Kier molecular flexibility index (Phi) is 3.89. The fourth-order valence-corrected chi connectivity index (χ4v) is 2.18. The van der Waals surface area contributed by atoms with E-state index in [1.54, 1.807) is 11.3 Å². The van der Waals surface area contributed by atoms with Gasteiger partial charge in [0.15, 0.2) is 0 Å². The third kappa shape index (κ3) is 3.15. The van der Waals surface area contributed by atoms with Gasteiger partial charge in [-0.1, -0.05) is 13.0 Å². The zero-order valence-corrected chi connectivity index (χ0v) is 10.4. The van der Waals surface area contributed by atoms with E-state index in [-0.39, 0.29) is 0 Å². The summed E-state index contributed by atoms with van der Waals surface area (Å²) in [5, 5.41) is 4.28. The normalized spacial score (nSPS) is 10.2. The lowest BCUT2D eigenvalue weighted by molar-refractivity contribution is 1.07. The van der Waals surface area contributed by atoms with Crippen molar-refractivity contribution < 1.29 is 0 Å². The molecule has 6 heteroatoms. The van der Waals surface area contributed by atoms with Gasteiger partial charge in [0, 0.05) is 11.1 Å². The third-order valence-corrected chi connectivity index (χ3v) is 3.41. The van der Waals surface area contributed by atoms with Crippen LogP contribution in [0, 0.1) is 0 Å². The second-order valence-electron chi connectivity index (χ2n) is 3.48. The molecule has 0 spiro atoms. The maximum absolute atomic E-state index is 5.30. The summed E-state index contributed by atoms with van der Waals surface area (Å²) in [5.41, 5.74) is 2.51. The second-order valence-corrected chi connectivity index (χ2v) is 4.68. The molecular weight excluding hydrogens is 234 g/mol. The molecule has 0 aliphatic heterocycles. The average molecular weight is 249 g/mol. The molecule has 5 nitrogen and oxygen atoms in total. The molecule has 2 heterocycles. The monoisotopic (exact) mass is 249 g/mol. The van der Waals surface area contributed by atoms with Crippen LogP contribution in [0.5, 0.6) is 0 Å². The Morgan fingerprint density at radius 3 is 2.88 bits per heavy atom. The number of hydrazine groups is 1. The number of nitrogen functional groups attached to an aromatic ring is 1. The molecule has 0 aliphatic rings. The maximum atomic E-state index is 5.30. The van der Waals surface area contributed by atoms with Crippen LogP contribution in [0.3, 0.4) is 0 Å². The predicted octanol–water partition coefficient (Wildman–Crippen LogP) is 2.00. The standard InChI is InChI=1S/C11H15N5S/c1-2-8-6-14-11(17-8)7-13-9-4-3-5-10(15-9)16-12/h3-6H,2,7,12H2,1H3,(H2,13,15,16). The molecule has 0 aromatic carbocycles. The van der Waals surface area contributed by atoms with Gasteiger partial charge >= 0.3 is 0 Å². The van der Waals surface area contributed by atoms with Crippen molar-refractivity contribution in [1.29, 1.82) is 0 Å². The lowest BCUT2D eigenvalue weighted by Crippen LogP contribution is -2.09. The highest BCUT2D eigenvalue weighted by Gasteiger charge is 2.01. The number of anilines is 2. The van der Waals surface area contributed by atoms with Gasteiger partial charge in [0.05, 0.1) is 6.54 Å². The van der Waals surface area contributed by atoms with Crippen molar-refractivity contribution in [3.63, 3.8) is 0 Å². The fourth-order valence-electron chi connectivity index (χ4n) is 1.37. The number of hydrogen-bond donors (Lipinski definition) is 3. The summed E-state index contributed by atoms with van der Waals surface area (Å²) in [6.45, 7) is 2.81. The minimum Gasteiger partial charge on any atom is -0.363 e. The number of nitrogens with two attached hydrogens (primary N) is 1. The van der Waals surface area contributed by atoms with Gasteiger partial charge in [0.1, 0.15) is 16.6 Å². The molecule has 2 rings (SSSR count). The number of pyridine rings is 1. The van der Waals surface area contributed by atoms with E-state index in [0.29, 0.717) is 12.4 Å². The number of nitrogens with zero attached hydrogens (tertiary/aromatic N) is 2. The molecule has 0 bridgehead atoms. The second kappa shape index (κ2) is 5.60. The minimum absolute atomic E-state index is 0.642. The van der Waals surface area contributed by atoms with Crippen molar-refractivity contribution >= 4 is 23.0 Å². The van der Waals surface area contributed by atoms with Crippen LogP contribution in [0.15, 0.2) is 24.4 Å². The number of nitrogens with one attached hydrogen (secondary N) is 2. The molecule has 17 heavy (non-hydrogen) atoms. The van der Waals surface area contributed by atoms with E-state index in [0.717, 1.165) is 17.2 Å². The molecule has 90 valence electrons. The number of rotatable bonds is 5. The largest absolute Gasteiger partial charge is 0.363 e. The van der Waals surface area contributed by atoms with Crippen LogP contribution >= 0.6 is 11.3 Å². The van der Waals surface area contributed by atoms with Gasteiger partial charge in [0.2, 0.25) is 0 Å². The summed E-state index contributed by atoms with van der Waals surface area (Å²) in [6, 6.07) is 5.60. The molecular formula is C11H15N5S. The van der Waals surface area contributed by atoms with Gasteiger partial charge < -0.3 is 10.7 Å². The highest BCUT2D eigenvalue weighted by Crippen LogP contribution is 2.15. The SMILES string of the molecule is CCc1cnc(CNc2cccc(NN)n2)s1. The smallest absolute Gasteiger partial charge is 0.142 e. The van der Waals surface area contributed by atoms with Crippen LogP contribution in [0.4, 0.5) is 11.6 Å². The van der Waals surface area contributed by atoms with Crippen LogP contribution in [-0.4, -0.2) is 9.97 Å². The van der Waals surface area contributed by atoms with E-state index in [9.17, 15) is 0 Å². The first-order valence-electron chi connectivity index (χ1n) is 5.43. The molecule has 2 aromatic rings. The van der Waals surface area contributed by atoms with E-state index >= 15 is 0 Å². The number of thiazole rings is 1. The molecule has 0 fully saturated rings. The van der Waals surface area contributed by atoms with Gasteiger partial charge in [0.25, 0.3) is 0 Å². The molecule has 0 unspecified atom stereocenters. The first-order valence-corrected chi connectivity index (χ1v) is 6.24. The zero-order chi connectivity index (χ0) is 12.1. The Morgan fingerprint density at radius 1 is 1.35 bits per heavy atom. The van der Waals surface area contributed by atoms with Crippen LogP contribution in [0.2, 0.25) is 0 Å². The summed E-state index contributed by atoms with van der Waals surface area (Å²) in [7, 11) is 0. The summed E-state index contributed by atoms with van der Waals surface area (Å²) < 4.78 is 0. The highest BCUT2D eigenvalue weighted by atomic mass is 32.1. The first-order chi connectivity index (χ1) is 8.31. The van der Waals surface area contributed by atoms with Gasteiger partial charge in [-0.25, -0.2) is 15.8 Å². The molecule has 0 aliphatic carbocycles. The van der Waals surface area contributed by atoms with Gasteiger partial charge in [-0.05, 0) is 18.6 Å². The van der Waals surface area contributed by atoms with Crippen molar-refractivity contribution in [2.45, 2.75) is 19.9 Å². The van der Waals surface area contributed by atoms with Crippen LogP contribution < -0.4 is 16.6 Å². The average Bonchev–Trinajstić information content (AvgIpc) is 2.84. The minimum atomic E-state index is 0.642. The number of aryl methyl sites for hydroxylation is 1. The van der Waals surface area contributed by atoms with Crippen molar-refractivity contribution in [2.75, 3.05) is 10.7 Å². The molecule has 2 aromatic heterocycles. The van der Waals surface area contributed by atoms with Crippen molar-refractivity contribution in [3.8, 4) is 0 Å². The Balaban J connectivity index is 1.96. The molecule has 0 saturated heterocycles. The Bertz CT molecular complexity index is 482. The summed E-state index contributed by atoms with van der Waals surface area (Å²) in [4.78, 5) is 9.89. The Morgan fingerprint density at radius 2 is 2.18 bits per heavy atom. The van der Waals surface area contributed by atoms with Crippen LogP contribution in [0.1, 0.15) is 16.8 Å². The maximum Gasteiger partial charge on any atom is 0.142 e.